The number of anilines is 1. The number of fused-ring (bicyclic) bond motifs is 1. The number of rotatable bonds is 3. The zero-order valence-corrected chi connectivity index (χ0v) is 16.0. The third-order valence-electron chi connectivity index (χ3n) is 4.83. The maximum atomic E-state index is 14.1. The van der Waals surface area contributed by atoms with Crippen LogP contribution in [0.5, 0.6) is 5.75 Å². The van der Waals surface area contributed by atoms with E-state index in [4.69, 9.17) is 4.74 Å². The van der Waals surface area contributed by atoms with Crippen molar-refractivity contribution in [3.8, 4) is 5.75 Å². The second kappa shape index (κ2) is 7.36. The molecular formula is C24H18FNO3. The number of carbonyl (C=O) groups is 2. The molecule has 4 rings (SSSR count). The molecule has 5 heteroatoms. The first-order valence-corrected chi connectivity index (χ1v) is 9.09. The van der Waals surface area contributed by atoms with Crippen LogP contribution in [0.3, 0.4) is 0 Å². The number of amides is 2. The van der Waals surface area contributed by atoms with Gasteiger partial charge in [-0.1, -0.05) is 36.4 Å². The van der Waals surface area contributed by atoms with Gasteiger partial charge in [-0.15, -0.1) is 0 Å². The SMILES string of the molecule is COc1ccc(/C=C2\C(=O)N(c3cccc(C)c3)C(=O)c3ccccc32)cc1F. The Morgan fingerprint density at radius 2 is 1.66 bits per heavy atom. The predicted molar refractivity (Wildman–Crippen MR) is 110 cm³/mol. The summed E-state index contributed by atoms with van der Waals surface area (Å²) in [5.41, 5.74) is 3.22. The molecule has 0 saturated heterocycles. The summed E-state index contributed by atoms with van der Waals surface area (Å²) in [6, 6.07) is 18.6. The van der Waals surface area contributed by atoms with Gasteiger partial charge in [-0.25, -0.2) is 9.29 Å². The number of methoxy groups -OCH3 is 1. The van der Waals surface area contributed by atoms with E-state index in [1.807, 2.05) is 13.0 Å². The summed E-state index contributed by atoms with van der Waals surface area (Å²) in [5, 5.41) is 0. The zero-order chi connectivity index (χ0) is 20.5. The van der Waals surface area contributed by atoms with E-state index < -0.39 is 11.7 Å². The normalized spacial score (nSPS) is 14.9. The second-order valence-corrected chi connectivity index (χ2v) is 6.78. The smallest absolute Gasteiger partial charge is 0.265 e. The van der Waals surface area contributed by atoms with E-state index in [2.05, 4.69) is 0 Å². The number of aryl methyl sites for hydroxylation is 1. The zero-order valence-electron chi connectivity index (χ0n) is 16.0. The summed E-state index contributed by atoms with van der Waals surface area (Å²) in [5.74, 6) is -1.23. The molecule has 0 unspecified atom stereocenters. The van der Waals surface area contributed by atoms with Crippen molar-refractivity contribution < 1.29 is 18.7 Å². The molecule has 2 amide bonds. The van der Waals surface area contributed by atoms with Gasteiger partial charge in [0, 0.05) is 11.1 Å². The van der Waals surface area contributed by atoms with Crippen molar-refractivity contribution >= 4 is 29.2 Å². The number of hydrogen-bond acceptors (Lipinski definition) is 3. The minimum absolute atomic E-state index is 0.124. The molecule has 0 radical (unpaired) electrons. The molecule has 0 atom stereocenters. The molecule has 1 aliphatic heterocycles. The second-order valence-electron chi connectivity index (χ2n) is 6.78. The van der Waals surface area contributed by atoms with Gasteiger partial charge < -0.3 is 4.74 Å². The molecule has 4 nitrogen and oxygen atoms in total. The molecule has 0 bridgehead atoms. The molecule has 0 aliphatic carbocycles. The average Bonchev–Trinajstić information content (AvgIpc) is 2.71. The summed E-state index contributed by atoms with van der Waals surface area (Å²) in [6.45, 7) is 1.90. The Hall–Kier alpha value is -3.73. The molecule has 144 valence electrons. The van der Waals surface area contributed by atoms with Gasteiger partial charge in [0.25, 0.3) is 11.8 Å². The Kier molecular flexibility index (Phi) is 4.72. The fourth-order valence-electron chi connectivity index (χ4n) is 3.43. The number of benzene rings is 3. The number of imide groups is 1. The van der Waals surface area contributed by atoms with E-state index in [-0.39, 0.29) is 11.7 Å². The van der Waals surface area contributed by atoms with Crippen LogP contribution >= 0.6 is 0 Å². The fraction of sp³-hybridized carbons (Fsp3) is 0.0833. The van der Waals surface area contributed by atoms with Gasteiger partial charge in [0.15, 0.2) is 11.6 Å². The summed E-state index contributed by atoms with van der Waals surface area (Å²) in [7, 11) is 1.39. The lowest BCUT2D eigenvalue weighted by Crippen LogP contribution is -2.41. The average molecular weight is 387 g/mol. The highest BCUT2D eigenvalue weighted by atomic mass is 19.1. The first-order valence-electron chi connectivity index (χ1n) is 9.09. The highest BCUT2D eigenvalue weighted by Crippen LogP contribution is 2.34. The molecule has 1 aliphatic rings. The van der Waals surface area contributed by atoms with Crippen LogP contribution in [0.15, 0.2) is 66.7 Å². The van der Waals surface area contributed by atoms with E-state index >= 15 is 0 Å². The molecule has 3 aromatic rings. The number of ether oxygens (including phenoxy) is 1. The van der Waals surface area contributed by atoms with E-state index in [9.17, 15) is 14.0 Å². The lowest BCUT2D eigenvalue weighted by Gasteiger charge is -2.29. The Labute approximate surface area is 167 Å². The molecule has 0 N–H and O–H groups in total. The van der Waals surface area contributed by atoms with Crippen LogP contribution in [-0.2, 0) is 4.79 Å². The van der Waals surface area contributed by atoms with Gasteiger partial charge >= 0.3 is 0 Å². The first-order chi connectivity index (χ1) is 14.0. The van der Waals surface area contributed by atoms with Crippen LogP contribution in [0, 0.1) is 12.7 Å². The lowest BCUT2D eigenvalue weighted by atomic mass is 9.91. The molecule has 0 saturated carbocycles. The monoisotopic (exact) mass is 387 g/mol. The highest BCUT2D eigenvalue weighted by Gasteiger charge is 2.35. The largest absolute Gasteiger partial charge is 0.494 e. The van der Waals surface area contributed by atoms with Crippen LogP contribution in [0.4, 0.5) is 10.1 Å². The van der Waals surface area contributed by atoms with Crippen molar-refractivity contribution in [2.45, 2.75) is 6.92 Å². The third kappa shape index (κ3) is 3.31. The summed E-state index contributed by atoms with van der Waals surface area (Å²) < 4.78 is 19.1. The van der Waals surface area contributed by atoms with Gasteiger partial charge in [0.2, 0.25) is 0 Å². The third-order valence-corrected chi connectivity index (χ3v) is 4.83. The van der Waals surface area contributed by atoms with Crippen LogP contribution in [0.25, 0.3) is 11.6 Å². The van der Waals surface area contributed by atoms with Crippen LogP contribution < -0.4 is 9.64 Å². The molecule has 0 spiro atoms. The molecule has 1 heterocycles. The van der Waals surface area contributed by atoms with E-state index in [0.29, 0.717) is 28.0 Å². The van der Waals surface area contributed by atoms with Gasteiger partial charge in [-0.05, 0) is 60.0 Å². The minimum atomic E-state index is -0.523. The lowest BCUT2D eigenvalue weighted by molar-refractivity contribution is -0.112. The molecule has 29 heavy (non-hydrogen) atoms. The summed E-state index contributed by atoms with van der Waals surface area (Å²) in [4.78, 5) is 27.6. The number of hydrogen-bond donors (Lipinski definition) is 0. The molecule has 3 aromatic carbocycles. The Morgan fingerprint density at radius 1 is 0.897 bits per heavy atom. The van der Waals surface area contributed by atoms with E-state index in [1.165, 1.54) is 24.1 Å². The number of halogens is 1. The van der Waals surface area contributed by atoms with Crippen molar-refractivity contribution in [3.63, 3.8) is 0 Å². The van der Waals surface area contributed by atoms with Crippen molar-refractivity contribution in [2.75, 3.05) is 12.0 Å². The topological polar surface area (TPSA) is 46.6 Å². The maximum absolute atomic E-state index is 14.1. The standard InChI is InChI=1S/C24H18FNO3/c1-15-6-5-7-17(12-15)26-23(27)19-9-4-3-8-18(19)20(24(26)28)13-16-10-11-22(29-2)21(25)14-16/h3-14H,1-2H3/b20-13-. The Bertz CT molecular complexity index is 1170. The summed E-state index contributed by atoms with van der Waals surface area (Å²) >= 11 is 0. The van der Waals surface area contributed by atoms with Crippen molar-refractivity contribution in [2.24, 2.45) is 0 Å². The van der Waals surface area contributed by atoms with Crippen molar-refractivity contribution in [1.82, 2.24) is 0 Å². The first kappa shape index (κ1) is 18.6. The van der Waals surface area contributed by atoms with Gasteiger partial charge in [-0.2, -0.15) is 0 Å². The fourth-order valence-corrected chi connectivity index (χ4v) is 3.43. The van der Waals surface area contributed by atoms with E-state index in [1.54, 1.807) is 54.6 Å². The Morgan fingerprint density at radius 3 is 2.34 bits per heavy atom. The van der Waals surface area contributed by atoms with Crippen LogP contribution in [0.2, 0.25) is 0 Å². The van der Waals surface area contributed by atoms with E-state index in [0.717, 1.165) is 5.56 Å². The van der Waals surface area contributed by atoms with Crippen molar-refractivity contribution in [3.05, 3.63) is 94.8 Å². The quantitative estimate of drug-likeness (QED) is 0.476. The predicted octanol–water partition coefficient (Wildman–Crippen LogP) is 4.87. The summed E-state index contributed by atoms with van der Waals surface area (Å²) in [6.07, 6.45) is 1.60. The van der Waals surface area contributed by atoms with Gasteiger partial charge in [0.05, 0.1) is 12.8 Å². The van der Waals surface area contributed by atoms with Gasteiger partial charge in [0.1, 0.15) is 0 Å². The molecule has 0 aromatic heterocycles. The van der Waals surface area contributed by atoms with Crippen LogP contribution in [-0.4, -0.2) is 18.9 Å². The maximum Gasteiger partial charge on any atom is 0.265 e. The number of nitrogens with zero attached hydrogens (tertiary/aromatic N) is 1. The minimum Gasteiger partial charge on any atom is -0.494 e. The number of carbonyl (C=O) groups excluding carboxylic acids is 2. The highest BCUT2D eigenvalue weighted by molar-refractivity contribution is 6.43. The van der Waals surface area contributed by atoms with Crippen LogP contribution in [0.1, 0.15) is 27.0 Å². The molecular weight excluding hydrogens is 369 g/mol. The molecule has 0 fully saturated rings. The van der Waals surface area contributed by atoms with Gasteiger partial charge in [-0.3, -0.25) is 9.59 Å². The Balaban J connectivity index is 1.88. The van der Waals surface area contributed by atoms with Crippen molar-refractivity contribution in [1.29, 1.82) is 0 Å².